The van der Waals surface area contributed by atoms with Crippen LogP contribution < -0.4 is 10.2 Å². The largest absolute Gasteiger partial charge is 0.442 e. The van der Waals surface area contributed by atoms with Gasteiger partial charge in [-0.25, -0.2) is 18.2 Å². The van der Waals surface area contributed by atoms with Crippen LogP contribution in [-0.2, 0) is 14.8 Å². The molecule has 3 heterocycles. The molecule has 10 nitrogen and oxygen atoms in total. The van der Waals surface area contributed by atoms with Crippen molar-refractivity contribution in [2.75, 3.05) is 38.3 Å². The Morgan fingerprint density at radius 1 is 1.29 bits per heavy atom. The summed E-state index contributed by atoms with van der Waals surface area (Å²) >= 11 is 7.20. The van der Waals surface area contributed by atoms with E-state index in [2.05, 4.69) is 14.7 Å². The van der Waals surface area contributed by atoms with E-state index in [4.69, 9.17) is 16.3 Å². The molecule has 4 rings (SSSR count). The molecule has 0 aliphatic carbocycles. The first-order valence-corrected chi connectivity index (χ1v) is 13.4. The van der Waals surface area contributed by atoms with Gasteiger partial charge in [0.2, 0.25) is 0 Å². The Morgan fingerprint density at radius 2 is 2.00 bits per heavy atom. The summed E-state index contributed by atoms with van der Waals surface area (Å²) in [6, 6.07) is 11.9. The average Bonchev–Trinajstić information content (AvgIpc) is 3.38. The molecular weight excluding hydrogens is 514 g/mol. The van der Waals surface area contributed by atoms with Crippen molar-refractivity contribution in [1.29, 1.82) is 0 Å². The minimum atomic E-state index is -3.58. The lowest BCUT2D eigenvalue weighted by atomic mass is 10.1. The van der Waals surface area contributed by atoms with E-state index < -0.39 is 22.2 Å². The highest BCUT2D eigenvalue weighted by Gasteiger charge is 2.32. The van der Waals surface area contributed by atoms with Gasteiger partial charge in [-0.15, -0.1) is 15.7 Å². The molecule has 13 heteroatoms. The summed E-state index contributed by atoms with van der Waals surface area (Å²) in [6.07, 6.45) is -0.0374. The van der Waals surface area contributed by atoms with Crippen LogP contribution in [-0.4, -0.2) is 75.7 Å². The third-order valence-corrected chi connectivity index (χ3v) is 6.84. The maximum Gasteiger partial charge on any atom is 0.414 e. The molecule has 1 saturated heterocycles. The van der Waals surface area contributed by atoms with Gasteiger partial charge in [0.05, 0.1) is 34.4 Å². The van der Waals surface area contributed by atoms with Crippen molar-refractivity contribution >= 4 is 66.7 Å². The van der Waals surface area contributed by atoms with Crippen molar-refractivity contribution in [3.63, 3.8) is 0 Å². The molecule has 35 heavy (non-hydrogen) atoms. The van der Waals surface area contributed by atoms with Gasteiger partial charge in [0.1, 0.15) is 17.1 Å². The van der Waals surface area contributed by atoms with Gasteiger partial charge in [0, 0.05) is 25.3 Å². The number of aromatic nitrogens is 1. The number of ether oxygens (including phenoxy) is 1. The normalized spacial score (nSPS) is 16.5. The second kappa shape index (κ2) is 9.80. The number of carbonyl (C=O) groups is 2. The number of amidine groups is 1. The highest BCUT2D eigenvalue weighted by atomic mass is 35.5. The van der Waals surface area contributed by atoms with Crippen LogP contribution in [0, 0.1) is 0 Å². The second-order valence-electron chi connectivity index (χ2n) is 8.04. The number of cyclic esters (lactones) is 1. The molecule has 1 atom stereocenters. The Kier molecular flexibility index (Phi) is 6.97. The number of rotatable bonds is 6. The lowest BCUT2D eigenvalue weighted by Gasteiger charge is -2.17. The van der Waals surface area contributed by atoms with Gasteiger partial charge >= 0.3 is 6.09 Å². The number of nitrogens with one attached hydrogen (secondary N) is 1. The van der Waals surface area contributed by atoms with Gasteiger partial charge in [0.25, 0.3) is 15.9 Å². The number of carbonyl (C=O) groups excluding carboxylic acids is 2. The van der Waals surface area contributed by atoms with Crippen LogP contribution in [0.15, 0.2) is 46.9 Å². The Morgan fingerprint density at radius 3 is 2.66 bits per heavy atom. The maximum atomic E-state index is 12.6. The zero-order valence-corrected chi connectivity index (χ0v) is 21.4. The number of thiophene rings is 1. The minimum Gasteiger partial charge on any atom is -0.442 e. The molecule has 0 saturated carbocycles. The van der Waals surface area contributed by atoms with Gasteiger partial charge in [-0.1, -0.05) is 11.6 Å². The van der Waals surface area contributed by atoms with Gasteiger partial charge in [-0.2, -0.15) is 0 Å². The molecular formula is C22H22ClN5O5S2. The minimum absolute atomic E-state index is 0.146. The number of nitrogens with zero attached hydrogens (tertiary/aromatic N) is 4. The highest BCUT2D eigenvalue weighted by molar-refractivity contribution is 7.89. The number of halogens is 1. The Bertz CT molecular complexity index is 1420. The summed E-state index contributed by atoms with van der Waals surface area (Å²) in [7, 11) is -0.196. The fourth-order valence-corrected chi connectivity index (χ4v) is 5.14. The molecule has 2 aromatic heterocycles. The first-order chi connectivity index (χ1) is 16.5. The van der Waals surface area contributed by atoms with Crippen LogP contribution in [0.1, 0.15) is 15.2 Å². The molecule has 1 fully saturated rings. The molecule has 1 aliphatic rings. The Hall–Kier alpha value is -3.22. The molecule has 1 unspecified atom stereocenters. The first-order valence-electron chi connectivity index (χ1n) is 10.4. The summed E-state index contributed by atoms with van der Waals surface area (Å²) in [5, 5.41) is 3.15. The van der Waals surface area contributed by atoms with Crippen molar-refractivity contribution in [1.82, 2.24) is 15.2 Å². The predicted octanol–water partition coefficient (Wildman–Crippen LogP) is 2.97. The van der Waals surface area contributed by atoms with E-state index in [0.29, 0.717) is 26.8 Å². The van der Waals surface area contributed by atoms with Gasteiger partial charge in [-0.3, -0.25) is 9.69 Å². The van der Waals surface area contributed by atoms with E-state index in [0.717, 1.165) is 11.0 Å². The number of fused-ring (bicyclic) bond motifs is 1. The van der Waals surface area contributed by atoms with E-state index in [1.165, 1.54) is 16.2 Å². The summed E-state index contributed by atoms with van der Waals surface area (Å²) < 4.78 is 33.3. The molecule has 0 radical (unpaired) electrons. The first kappa shape index (κ1) is 24.9. The summed E-state index contributed by atoms with van der Waals surface area (Å²) in [4.78, 5) is 32.7. The Balaban J connectivity index is 1.40. The fourth-order valence-electron chi connectivity index (χ4n) is 3.48. The molecule has 3 aromatic rings. The van der Waals surface area contributed by atoms with Crippen LogP contribution in [0.3, 0.4) is 0 Å². The third kappa shape index (κ3) is 5.89. The van der Waals surface area contributed by atoms with Crippen LogP contribution >= 0.6 is 22.9 Å². The number of benzene rings is 1. The summed E-state index contributed by atoms with van der Waals surface area (Å²) in [6.45, 7) is 0.396. The summed E-state index contributed by atoms with van der Waals surface area (Å²) in [5.41, 5.74) is 1.81. The van der Waals surface area contributed by atoms with E-state index >= 15 is 0 Å². The van der Waals surface area contributed by atoms with Gasteiger partial charge in [0.15, 0.2) is 0 Å². The monoisotopic (exact) mass is 535 g/mol. The van der Waals surface area contributed by atoms with Crippen molar-refractivity contribution in [2.24, 2.45) is 4.40 Å². The lowest BCUT2D eigenvalue weighted by Crippen LogP contribution is -2.34. The molecule has 2 amide bonds. The summed E-state index contributed by atoms with van der Waals surface area (Å²) in [5.74, 6) is -0.00769. The van der Waals surface area contributed by atoms with Crippen LogP contribution in [0.25, 0.3) is 10.2 Å². The molecule has 0 spiro atoms. The number of amides is 2. The average molecular weight is 536 g/mol. The highest BCUT2D eigenvalue weighted by Crippen LogP contribution is 2.26. The van der Waals surface area contributed by atoms with Crippen LogP contribution in [0.5, 0.6) is 0 Å². The topological polar surface area (TPSA) is 121 Å². The fraction of sp³-hybridized carbons (Fsp3) is 0.273. The zero-order chi connectivity index (χ0) is 25.3. The molecule has 1 aliphatic heterocycles. The van der Waals surface area contributed by atoms with Crippen molar-refractivity contribution < 1.29 is 22.7 Å². The zero-order valence-electron chi connectivity index (χ0n) is 19.1. The number of hydrogen-bond acceptors (Lipinski definition) is 7. The number of hydrogen-bond donors (Lipinski definition) is 1. The van der Waals surface area contributed by atoms with Crippen molar-refractivity contribution in [3.05, 3.63) is 58.1 Å². The molecule has 184 valence electrons. The molecule has 1 N–H and O–H groups in total. The van der Waals surface area contributed by atoms with E-state index in [1.807, 2.05) is 6.07 Å². The van der Waals surface area contributed by atoms with Crippen LogP contribution in [0.4, 0.5) is 10.5 Å². The Labute approximate surface area is 211 Å². The van der Waals surface area contributed by atoms with E-state index in [9.17, 15) is 18.0 Å². The molecule has 0 bridgehead atoms. The SMILES string of the molecule is CN(C)C(=NS(C)(=O)=O)c1ccc(N2CC(CNC(=O)c3cc4nc(Cl)ccc4s3)OC2=O)cc1. The number of sulfonamides is 1. The van der Waals surface area contributed by atoms with E-state index in [-0.39, 0.29) is 24.8 Å². The lowest BCUT2D eigenvalue weighted by molar-refractivity contribution is 0.0920. The van der Waals surface area contributed by atoms with Gasteiger partial charge in [-0.05, 0) is 42.5 Å². The number of anilines is 1. The van der Waals surface area contributed by atoms with Crippen molar-refractivity contribution in [2.45, 2.75) is 6.10 Å². The van der Waals surface area contributed by atoms with Gasteiger partial charge < -0.3 is 15.0 Å². The number of pyridine rings is 1. The standard InChI is InChI=1S/C22H22ClN5O5S2/c1-27(2)20(26-35(3,31)32)13-4-6-14(7-5-13)28-12-15(33-22(28)30)11-24-21(29)18-10-16-17(34-18)8-9-19(23)25-16/h4-10,15H,11-12H2,1-3H3,(H,24,29). The van der Waals surface area contributed by atoms with E-state index in [1.54, 1.807) is 55.4 Å². The molecule has 1 aromatic carbocycles. The smallest absolute Gasteiger partial charge is 0.414 e. The second-order valence-corrected chi connectivity index (χ2v) is 11.2. The maximum absolute atomic E-state index is 12.6. The van der Waals surface area contributed by atoms with Crippen molar-refractivity contribution in [3.8, 4) is 0 Å². The predicted molar refractivity (Wildman–Crippen MR) is 136 cm³/mol. The quantitative estimate of drug-likeness (QED) is 0.292. The third-order valence-electron chi connectivity index (χ3n) is 5.04. The van der Waals surface area contributed by atoms with Crippen LogP contribution in [0.2, 0.25) is 5.15 Å².